The second kappa shape index (κ2) is 6.31. The summed E-state index contributed by atoms with van der Waals surface area (Å²) >= 11 is 5.69. The first kappa shape index (κ1) is 11.8. The lowest BCUT2D eigenvalue weighted by molar-refractivity contribution is 0.414. The number of allylic oxidation sites excluding steroid dienone is 4. The van der Waals surface area contributed by atoms with Gasteiger partial charge in [-0.1, -0.05) is 17.7 Å². The normalized spacial score (nSPS) is 15.5. The van der Waals surface area contributed by atoms with Crippen LogP contribution in [0.15, 0.2) is 40.2 Å². The molecule has 0 aliphatic heterocycles. The number of aliphatic hydroxyl groups is 1. The molecule has 0 aromatic carbocycles. The molecule has 0 spiro atoms. The third-order valence-electron chi connectivity index (χ3n) is 1.01. The molecule has 0 rings (SSSR count). The molecule has 0 fully saturated rings. The number of aliphatic hydroxyl groups excluding tert-OH is 1. The predicted molar refractivity (Wildman–Crippen MR) is 56.8 cm³/mol. The highest BCUT2D eigenvalue weighted by molar-refractivity contribution is 6.32. The second-order valence-electron chi connectivity index (χ2n) is 2.35. The van der Waals surface area contributed by atoms with Crippen molar-refractivity contribution in [1.29, 1.82) is 0 Å². The van der Waals surface area contributed by atoms with Crippen molar-refractivity contribution in [1.82, 2.24) is 0 Å². The first-order chi connectivity index (χ1) is 6.06. The molecule has 0 aliphatic rings. The van der Waals surface area contributed by atoms with E-state index in [0.29, 0.717) is 10.9 Å². The van der Waals surface area contributed by atoms with E-state index in [-0.39, 0.29) is 5.76 Å². The molecule has 0 bridgehead atoms. The zero-order valence-electron chi connectivity index (χ0n) is 7.66. The number of rotatable bonds is 3. The number of amidine groups is 1. The van der Waals surface area contributed by atoms with Crippen molar-refractivity contribution in [3.8, 4) is 0 Å². The van der Waals surface area contributed by atoms with Crippen LogP contribution in [0, 0.1) is 0 Å². The molecule has 4 heteroatoms. The molecule has 0 saturated heterocycles. The molecular weight excluding hydrogens is 188 g/mol. The molecule has 0 radical (unpaired) electrons. The fourth-order valence-electron chi connectivity index (χ4n) is 0.580. The van der Waals surface area contributed by atoms with Crippen LogP contribution < -0.4 is 5.73 Å². The van der Waals surface area contributed by atoms with Crippen molar-refractivity contribution in [3.63, 3.8) is 0 Å². The van der Waals surface area contributed by atoms with Crippen LogP contribution in [0.2, 0.25) is 0 Å². The van der Waals surface area contributed by atoms with Gasteiger partial charge in [0.15, 0.2) is 0 Å². The van der Waals surface area contributed by atoms with E-state index in [2.05, 4.69) is 4.99 Å². The molecule has 0 aromatic rings. The summed E-state index contributed by atoms with van der Waals surface area (Å²) in [7, 11) is 0. The minimum absolute atomic E-state index is 0.125. The van der Waals surface area contributed by atoms with E-state index in [0.717, 1.165) is 0 Å². The minimum Gasteiger partial charge on any atom is -0.513 e. The molecule has 3 nitrogen and oxygen atoms in total. The van der Waals surface area contributed by atoms with E-state index in [9.17, 15) is 0 Å². The Morgan fingerprint density at radius 2 is 2.08 bits per heavy atom. The van der Waals surface area contributed by atoms with Gasteiger partial charge in [0.1, 0.15) is 5.84 Å². The van der Waals surface area contributed by atoms with Crippen molar-refractivity contribution in [3.05, 3.63) is 35.2 Å². The fourth-order valence-corrected chi connectivity index (χ4v) is 0.850. The van der Waals surface area contributed by atoms with Crippen LogP contribution in [0.5, 0.6) is 0 Å². The molecule has 0 atom stereocenters. The quantitative estimate of drug-likeness (QED) is 0.318. The number of aliphatic imine (C=N–C) groups is 1. The second-order valence-corrected chi connectivity index (χ2v) is 2.79. The van der Waals surface area contributed by atoms with Crippen molar-refractivity contribution in [2.45, 2.75) is 13.8 Å². The Bertz CT molecular complexity index is 273. The lowest BCUT2D eigenvalue weighted by Gasteiger charge is -1.91. The van der Waals surface area contributed by atoms with Gasteiger partial charge < -0.3 is 10.8 Å². The van der Waals surface area contributed by atoms with Crippen LogP contribution in [0.1, 0.15) is 13.8 Å². The van der Waals surface area contributed by atoms with E-state index in [1.165, 1.54) is 19.1 Å². The first-order valence-electron chi connectivity index (χ1n) is 3.75. The molecule has 0 aromatic heterocycles. The topological polar surface area (TPSA) is 58.6 Å². The van der Waals surface area contributed by atoms with Gasteiger partial charge in [-0.2, -0.15) is 0 Å². The zero-order chi connectivity index (χ0) is 10.3. The average Bonchev–Trinajstić information content (AvgIpc) is 1.98. The monoisotopic (exact) mass is 200 g/mol. The van der Waals surface area contributed by atoms with Crippen LogP contribution in [0.25, 0.3) is 0 Å². The fraction of sp³-hybridized carbons (Fsp3) is 0.222. The SMILES string of the molecule is C/C=C\N=C(N)C=C(Cl)C=C(C)O. The number of hydrogen-bond acceptors (Lipinski definition) is 2. The van der Waals surface area contributed by atoms with E-state index >= 15 is 0 Å². The van der Waals surface area contributed by atoms with Gasteiger partial charge >= 0.3 is 0 Å². The average molecular weight is 201 g/mol. The predicted octanol–water partition coefficient (Wildman–Crippen LogP) is 2.46. The van der Waals surface area contributed by atoms with Gasteiger partial charge in [-0.3, -0.25) is 0 Å². The molecule has 0 saturated carbocycles. The lowest BCUT2D eigenvalue weighted by Crippen LogP contribution is -2.06. The maximum Gasteiger partial charge on any atom is 0.124 e. The summed E-state index contributed by atoms with van der Waals surface area (Å²) in [6, 6.07) is 0. The highest BCUT2D eigenvalue weighted by atomic mass is 35.5. The summed E-state index contributed by atoms with van der Waals surface area (Å²) in [6.07, 6.45) is 6.16. The van der Waals surface area contributed by atoms with Gasteiger partial charge in [0.2, 0.25) is 0 Å². The first-order valence-corrected chi connectivity index (χ1v) is 4.13. The Morgan fingerprint density at radius 3 is 2.54 bits per heavy atom. The number of nitrogens with two attached hydrogens (primary N) is 1. The number of halogens is 1. The molecule has 0 amide bonds. The van der Waals surface area contributed by atoms with E-state index < -0.39 is 0 Å². The number of nitrogens with zero attached hydrogens (tertiary/aromatic N) is 1. The molecular formula is C9H13ClN2O. The van der Waals surface area contributed by atoms with Gasteiger partial charge in [0, 0.05) is 11.2 Å². The summed E-state index contributed by atoms with van der Waals surface area (Å²) in [6.45, 7) is 3.36. The van der Waals surface area contributed by atoms with Gasteiger partial charge in [-0.15, -0.1) is 0 Å². The summed E-state index contributed by atoms with van der Waals surface area (Å²) in [5.74, 6) is 0.417. The zero-order valence-corrected chi connectivity index (χ0v) is 8.42. The van der Waals surface area contributed by atoms with E-state index in [4.69, 9.17) is 22.4 Å². The molecule has 72 valence electrons. The molecule has 3 N–H and O–H groups in total. The van der Waals surface area contributed by atoms with Crippen LogP contribution in [0.4, 0.5) is 0 Å². The minimum atomic E-state index is 0.125. The summed E-state index contributed by atoms with van der Waals surface area (Å²) in [5, 5.41) is 9.19. The van der Waals surface area contributed by atoms with Gasteiger partial charge in [-0.05, 0) is 26.0 Å². The Balaban J connectivity index is 4.47. The lowest BCUT2D eigenvalue weighted by atomic mass is 10.4. The van der Waals surface area contributed by atoms with Crippen molar-refractivity contribution in [2.24, 2.45) is 10.7 Å². The van der Waals surface area contributed by atoms with Crippen LogP contribution >= 0.6 is 11.6 Å². The summed E-state index contributed by atoms with van der Waals surface area (Å²) < 4.78 is 0. The molecule has 0 heterocycles. The highest BCUT2D eigenvalue weighted by Gasteiger charge is 1.90. The Hall–Kier alpha value is -1.22. The Morgan fingerprint density at radius 1 is 1.46 bits per heavy atom. The highest BCUT2D eigenvalue weighted by Crippen LogP contribution is 2.04. The molecule has 13 heavy (non-hydrogen) atoms. The van der Waals surface area contributed by atoms with Crippen LogP contribution in [0.3, 0.4) is 0 Å². The largest absolute Gasteiger partial charge is 0.513 e. The van der Waals surface area contributed by atoms with Gasteiger partial charge in [-0.25, -0.2) is 4.99 Å². The standard InChI is InChI=1S/C9H13ClN2O/c1-3-4-12-9(11)6-8(10)5-7(2)13/h3-6,13H,1-2H3,(H2,11,12)/b4-3-,7-5?,8-6?. The van der Waals surface area contributed by atoms with Gasteiger partial charge in [0.25, 0.3) is 0 Å². The summed E-state index contributed by atoms with van der Waals surface area (Å²) in [5.41, 5.74) is 5.46. The maximum absolute atomic E-state index is 8.85. The van der Waals surface area contributed by atoms with Crippen LogP contribution in [-0.2, 0) is 0 Å². The Kier molecular flexibility index (Phi) is 5.72. The van der Waals surface area contributed by atoms with Crippen molar-refractivity contribution < 1.29 is 5.11 Å². The third-order valence-corrected chi connectivity index (χ3v) is 1.22. The molecule has 0 unspecified atom stereocenters. The van der Waals surface area contributed by atoms with E-state index in [1.54, 1.807) is 12.3 Å². The van der Waals surface area contributed by atoms with E-state index in [1.807, 2.05) is 6.92 Å². The molecule has 0 aliphatic carbocycles. The summed E-state index contributed by atoms with van der Waals surface area (Å²) in [4.78, 5) is 3.83. The third kappa shape index (κ3) is 7.15. The maximum atomic E-state index is 8.85. The van der Waals surface area contributed by atoms with Crippen molar-refractivity contribution >= 4 is 17.4 Å². The smallest absolute Gasteiger partial charge is 0.124 e. The number of hydrogen-bond donors (Lipinski definition) is 2. The van der Waals surface area contributed by atoms with Crippen LogP contribution in [-0.4, -0.2) is 10.9 Å². The van der Waals surface area contributed by atoms with Crippen molar-refractivity contribution in [2.75, 3.05) is 0 Å². The Labute approximate surface area is 82.9 Å². The van der Waals surface area contributed by atoms with Gasteiger partial charge in [0.05, 0.1) is 5.76 Å².